The van der Waals surface area contributed by atoms with Crippen molar-refractivity contribution in [1.82, 2.24) is 0 Å². The molecule has 4 atom stereocenters. The van der Waals surface area contributed by atoms with Gasteiger partial charge in [-0.15, -0.1) is 0 Å². The number of alkyl halides is 1. The van der Waals surface area contributed by atoms with Gasteiger partial charge in [0, 0.05) is 11.2 Å². The molecule has 1 aromatic carbocycles. The van der Waals surface area contributed by atoms with Gasteiger partial charge in [-0.1, -0.05) is 58.4 Å². The second kappa shape index (κ2) is 6.21. The number of halogens is 1. The number of benzene rings is 1. The molecule has 1 fully saturated rings. The summed E-state index contributed by atoms with van der Waals surface area (Å²) in [5.74, 6) is 0.583. The van der Waals surface area contributed by atoms with Crippen LogP contribution >= 0.6 is 15.9 Å². The largest absolute Gasteiger partial charge is 0.369 e. The van der Waals surface area contributed by atoms with Crippen LogP contribution in [0.4, 0.5) is 0 Å². The quantitative estimate of drug-likeness (QED) is 0.468. The Morgan fingerprint density at radius 1 is 1.16 bits per heavy atom. The van der Waals surface area contributed by atoms with Gasteiger partial charge in [0.1, 0.15) is 0 Å². The maximum absolute atomic E-state index is 5.93. The first-order chi connectivity index (χ1) is 9.36. The molecular weight excluding hydrogens is 304 g/mol. The van der Waals surface area contributed by atoms with Gasteiger partial charge in [0.2, 0.25) is 0 Å². The summed E-state index contributed by atoms with van der Waals surface area (Å²) in [7, 11) is 0. The molecule has 0 radical (unpaired) electrons. The summed E-state index contributed by atoms with van der Waals surface area (Å²) in [5, 5.41) is 0.954. The second-order valence-electron chi connectivity index (χ2n) is 5.25. The fourth-order valence-corrected chi connectivity index (χ4v) is 3.18. The monoisotopic (exact) mass is 322 g/mol. The smallest absolute Gasteiger partial charge is 0.0944 e. The summed E-state index contributed by atoms with van der Waals surface area (Å²) >= 11 is 3.47. The van der Waals surface area contributed by atoms with Crippen LogP contribution in [0.3, 0.4) is 0 Å². The molecule has 2 unspecified atom stereocenters. The zero-order valence-electron chi connectivity index (χ0n) is 10.9. The van der Waals surface area contributed by atoms with Crippen LogP contribution in [0.2, 0.25) is 0 Å². The minimum atomic E-state index is 0.262. The first-order valence-corrected chi connectivity index (χ1v) is 8.04. The first-order valence-electron chi connectivity index (χ1n) is 6.92. The Morgan fingerprint density at radius 2 is 2.00 bits per heavy atom. The van der Waals surface area contributed by atoms with Crippen molar-refractivity contribution >= 4 is 15.9 Å². The topological polar surface area (TPSA) is 21.8 Å². The van der Waals surface area contributed by atoms with Crippen LogP contribution in [-0.4, -0.2) is 23.6 Å². The maximum Gasteiger partial charge on any atom is 0.0944 e. The summed E-state index contributed by atoms with van der Waals surface area (Å²) in [6.07, 6.45) is 7.89. The molecule has 102 valence electrons. The highest BCUT2D eigenvalue weighted by Gasteiger charge is 2.43. The van der Waals surface area contributed by atoms with Gasteiger partial charge in [-0.2, -0.15) is 0 Å². The number of epoxide rings is 1. The van der Waals surface area contributed by atoms with Crippen molar-refractivity contribution in [1.29, 1.82) is 0 Å². The lowest BCUT2D eigenvalue weighted by Crippen LogP contribution is -2.20. The van der Waals surface area contributed by atoms with Crippen LogP contribution in [0.25, 0.3) is 0 Å². The Balaban J connectivity index is 1.46. The molecular formula is C16H19BrO2. The molecule has 1 aliphatic carbocycles. The summed E-state index contributed by atoms with van der Waals surface area (Å²) < 4.78 is 11.6. The average Bonchev–Trinajstić information content (AvgIpc) is 3.26. The van der Waals surface area contributed by atoms with E-state index in [4.69, 9.17) is 9.47 Å². The van der Waals surface area contributed by atoms with Gasteiger partial charge in [0.15, 0.2) is 0 Å². The molecule has 0 saturated carbocycles. The number of ether oxygens (including phenoxy) is 2. The normalized spacial score (nSPS) is 33.3. The summed E-state index contributed by atoms with van der Waals surface area (Å²) in [6, 6.07) is 10.3. The Morgan fingerprint density at radius 3 is 2.63 bits per heavy atom. The summed E-state index contributed by atoms with van der Waals surface area (Å²) in [4.78, 5) is 0. The fourth-order valence-electron chi connectivity index (χ4n) is 2.66. The molecule has 1 aliphatic heterocycles. The Kier molecular flexibility index (Phi) is 4.36. The molecule has 2 aliphatic rings. The van der Waals surface area contributed by atoms with E-state index in [1.807, 2.05) is 6.07 Å². The van der Waals surface area contributed by atoms with Crippen molar-refractivity contribution in [3.8, 4) is 0 Å². The van der Waals surface area contributed by atoms with Gasteiger partial charge in [0.05, 0.1) is 24.9 Å². The van der Waals surface area contributed by atoms with E-state index in [9.17, 15) is 0 Å². The van der Waals surface area contributed by atoms with Gasteiger partial charge >= 0.3 is 0 Å². The van der Waals surface area contributed by atoms with E-state index in [1.54, 1.807) is 0 Å². The van der Waals surface area contributed by atoms with Crippen LogP contribution < -0.4 is 0 Å². The molecule has 0 bridgehead atoms. The molecule has 0 spiro atoms. The standard InChI is InChI=1S/C16H19BrO2/c17-10-15-16(19-15)13-6-8-14(9-7-13)18-11-12-4-2-1-3-5-12/h1-6,8,13-16H,7,9-11H2/t13-,14?,15?,16+/m1/s1. The third-order valence-electron chi connectivity index (χ3n) is 3.86. The van der Waals surface area contributed by atoms with E-state index < -0.39 is 0 Å². The van der Waals surface area contributed by atoms with Gasteiger partial charge in [-0.05, 0) is 18.4 Å². The second-order valence-corrected chi connectivity index (χ2v) is 5.90. The van der Waals surface area contributed by atoms with E-state index in [2.05, 4.69) is 52.3 Å². The molecule has 3 rings (SSSR count). The molecule has 0 N–H and O–H groups in total. The van der Waals surface area contributed by atoms with Gasteiger partial charge in [-0.3, -0.25) is 0 Å². The number of rotatable bonds is 5. The highest BCUT2D eigenvalue weighted by Crippen LogP contribution is 2.36. The zero-order chi connectivity index (χ0) is 13.1. The van der Waals surface area contributed by atoms with Crippen molar-refractivity contribution in [3.05, 3.63) is 48.0 Å². The molecule has 1 aromatic rings. The summed E-state index contributed by atoms with van der Waals surface area (Å²) in [6.45, 7) is 0.699. The minimum absolute atomic E-state index is 0.262. The molecule has 3 heteroatoms. The average molecular weight is 323 g/mol. The van der Waals surface area contributed by atoms with Gasteiger partial charge in [0.25, 0.3) is 0 Å². The van der Waals surface area contributed by atoms with Crippen LogP contribution in [0.1, 0.15) is 18.4 Å². The van der Waals surface area contributed by atoms with Crippen molar-refractivity contribution < 1.29 is 9.47 Å². The van der Waals surface area contributed by atoms with Crippen molar-refractivity contribution in [2.24, 2.45) is 5.92 Å². The Bertz CT molecular complexity index is 432. The summed E-state index contributed by atoms with van der Waals surface area (Å²) in [5.41, 5.74) is 1.24. The number of hydrogen-bond acceptors (Lipinski definition) is 2. The van der Waals surface area contributed by atoms with Crippen molar-refractivity contribution in [2.45, 2.75) is 37.8 Å². The Labute approximate surface area is 122 Å². The molecule has 0 aromatic heterocycles. The first kappa shape index (κ1) is 13.3. The number of hydrogen-bond donors (Lipinski definition) is 0. The van der Waals surface area contributed by atoms with Crippen molar-refractivity contribution in [3.63, 3.8) is 0 Å². The van der Waals surface area contributed by atoms with Crippen LogP contribution in [0.15, 0.2) is 42.5 Å². The van der Waals surface area contributed by atoms with E-state index >= 15 is 0 Å². The van der Waals surface area contributed by atoms with E-state index in [0.29, 0.717) is 24.7 Å². The Hall–Kier alpha value is -0.640. The molecule has 1 heterocycles. The lowest BCUT2D eigenvalue weighted by atomic mass is 9.90. The maximum atomic E-state index is 5.93. The SMILES string of the molecule is BrCC1O[C@H]1[C@@H]1C=CC(OCc2ccccc2)CC1. The fraction of sp³-hybridized carbons (Fsp3) is 0.500. The highest BCUT2D eigenvalue weighted by molar-refractivity contribution is 9.09. The third-order valence-corrected chi connectivity index (χ3v) is 4.50. The van der Waals surface area contributed by atoms with Crippen molar-refractivity contribution in [2.75, 3.05) is 5.33 Å². The van der Waals surface area contributed by atoms with Gasteiger partial charge in [-0.25, -0.2) is 0 Å². The molecule has 2 nitrogen and oxygen atoms in total. The lowest BCUT2D eigenvalue weighted by molar-refractivity contribution is 0.0577. The van der Waals surface area contributed by atoms with E-state index in [1.165, 1.54) is 12.0 Å². The zero-order valence-corrected chi connectivity index (χ0v) is 12.5. The van der Waals surface area contributed by atoms with Crippen LogP contribution in [-0.2, 0) is 16.1 Å². The van der Waals surface area contributed by atoms with E-state index in [0.717, 1.165) is 11.8 Å². The highest BCUT2D eigenvalue weighted by atomic mass is 79.9. The van der Waals surface area contributed by atoms with Gasteiger partial charge < -0.3 is 9.47 Å². The van der Waals surface area contributed by atoms with Crippen LogP contribution in [0.5, 0.6) is 0 Å². The molecule has 0 amide bonds. The predicted octanol–water partition coefficient (Wildman–Crippen LogP) is 3.70. The minimum Gasteiger partial charge on any atom is -0.369 e. The lowest BCUT2D eigenvalue weighted by Gasteiger charge is -2.22. The van der Waals surface area contributed by atoms with Crippen LogP contribution in [0, 0.1) is 5.92 Å². The predicted molar refractivity (Wildman–Crippen MR) is 79.3 cm³/mol. The molecule has 1 saturated heterocycles. The van der Waals surface area contributed by atoms with E-state index in [-0.39, 0.29) is 6.10 Å². The molecule has 19 heavy (non-hydrogen) atoms. The third kappa shape index (κ3) is 3.47.